The number of likely N-dealkylation sites (N-methyl/N-ethyl adjacent to an activating group) is 1. The number of nitrogens with zero attached hydrogens (tertiary/aromatic N) is 2. The Morgan fingerprint density at radius 3 is 2.39 bits per heavy atom. The summed E-state index contributed by atoms with van der Waals surface area (Å²) in [7, 11) is 2.11. The Balaban J connectivity index is 1.25. The number of hydrogen-bond acceptors (Lipinski definition) is 7. The van der Waals surface area contributed by atoms with E-state index in [0.717, 1.165) is 65.0 Å². The first-order chi connectivity index (χ1) is 23.9. The van der Waals surface area contributed by atoms with Crippen molar-refractivity contribution in [1.82, 2.24) is 15.2 Å². The highest BCUT2D eigenvalue weighted by atomic mass is 16.7. The second-order valence-electron chi connectivity index (χ2n) is 12.7. The van der Waals surface area contributed by atoms with E-state index >= 15 is 0 Å². The molecule has 0 aliphatic carbocycles. The van der Waals surface area contributed by atoms with Gasteiger partial charge in [-0.1, -0.05) is 73.2 Å². The number of hydrogen-bond donors (Lipinski definition) is 3. The fraction of sp³-hybridized carbons (Fsp3) is 0.375. The molecular weight excluding hydrogens is 618 g/mol. The van der Waals surface area contributed by atoms with Gasteiger partial charge in [-0.2, -0.15) is 0 Å². The molecule has 1 saturated heterocycles. The molecule has 5 rings (SSSR count). The molecule has 0 bridgehead atoms. The van der Waals surface area contributed by atoms with Gasteiger partial charge in [0.2, 0.25) is 5.91 Å². The second kappa shape index (κ2) is 18.4. The number of unbranched alkanes of at least 4 members (excludes halogenated alkanes) is 2. The van der Waals surface area contributed by atoms with Crippen molar-refractivity contribution >= 4 is 11.9 Å². The lowest BCUT2D eigenvalue weighted by atomic mass is 9.98. The lowest BCUT2D eigenvalue weighted by molar-refractivity contribution is -0.252. The van der Waals surface area contributed by atoms with E-state index in [1.54, 1.807) is 0 Å². The Labute approximate surface area is 288 Å². The third-order valence-electron chi connectivity index (χ3n) is 8.81. The van der Waals surface area contributed by atoms with Gasteiger partial charge in [0.25, 0.3) is 0 Å². The number of amides is 1. The monoisotopic (exact) mass is 665 g/mol. The maximum Gasteiger partial charge on any atom is 0.303 e. The third-order valence-corrected chi connectivity index (χ3v) is 8.81. The quantitative estimate of drug-likeness (QED) is 0.108. The number of carboxylic acid groups (broad SMARTS) is 1. The number of aliphatic hydroxyl groups excluding tert-OH is 1. The van der Waals surface area contributed by atoms with E-state index in [1.165, 1.54) is 0 Å². The van der Waals surface area contributed by atoms with Gasteiger partial charge in [-0.15, -0.1) is 0 Å². The van der Waals surface area contributed by atoms with Crippen molar-refractivity contribution in [3.8, 4) is 11.1 Å². The zero-order valence-corrected chi connectivity index (χ0v) is 28.2. The highest BCUT2D eigenvalue weighted by Gasteiger charge is 2.33. The number of carbonyl (C=O) groups excluding carboxylic acids is 1. The van der Waals surface area contributed by atoms with Crippen molar-refractivity contribution in [2.24, 2.45) is 0 Å². The molecular formula is C40H47N3O6. The molecule has 49 heavy (non-hydrogen) atoms. The molecule has 4 aromatic rings. The Kier molecular flexibility index (Phi) is 13.5. The second-order valence-corrected chi connectivity index (χ2v) is 12.7. The number of benzene rings is 3. The number of rotatable bonds is 17. The van der Waals surface area contributed by atoms with E-state index in [2.05, 4.69) is 52.6 Å². The van der Waals surface area contributed by atoms with E-state index in [9.17, 15) is 14.7 Å². The average molecular weight is 666 g/mol. The molecule has 0 radical (unpaired) electrons. The Hall–Kier alpha value is -4.41. The molecule has 1 fully saturated rings. The summed E-state index contributed by atoms with van der Waals surface area (Å²) in [5.41, 5.74) is 6.95. The van der Waals surface area contributed by atoms with E-state index in [4.69, 9.17) is 14.6 Å². The molecule has 3 atom stereocenters. The van der Waals surface area contributed by atoms with Crippen LogP contribution >= 0.6 is 0 Å². The van der Waals surface area contributed by atoms with Crippen molar-refractivity contribution in [2.45, 2.75) is 76.6 Å². The van der Waals surface area contributed by atoms with Crippen molar-refractivity contribution in [3.05, 3.63) is 125 Å². The lowest BCUT2D eigenvalue weighted by Crippen LogP contribution is -2.38. The summed E-state index contributed by atoms with van der Waals surface area (Å²) < 4.78 is 13.3. The minimum absolute atomic E-state index is 0.00221. The number of nitrogens with one attached hydrogen (secondary N) is 1. The van der Waals surface area contributed by atoms with E-state index in [1.807, 2.05) is 66.9 Å². The van der Waals surface area contributed by atoms with E-state index in [0.29, 0.717) is 32.2 Å². The SMILES string of the molecule is CN(CCc1ccccn1)C[C@H]1C[C@@H](c2ccc(CO)cc2)O[C@@H](c2cccc(-c3cccc(CNC(=O)CCCCCC(=O)O)c3)c2)O1. The van der Waals surface area contributed by atoms with Crippen molar-refractivity contribution in [1.29, 1.82) is 0 Å². The molecule has 9 heteroatoms. The highest BCUT2D eigenvalue weighted by molar-refractivity contribution is 5.76. The zero-order valence-electron chi connectivity index (χ0n) is 28.2. The lowest BCUT2D eigenvalue weighted by Gasteiger charge is -2.38. The van der Waals surface area contributed by atoms with Crippen molar-refractivity contribution < 1.29 is 29.3 Å². The molecule has 3 aromatic carbocycles. The maximum atomic E-state index is 12.4. The first-order valence-electron chi connectivity index (χ1n) is 17.1. The van der Waals surface area contributed by atoms with Gasteiger partial charge in [0.1, 0.15) is 0 Å². The van der Waals surface area contributed by atoms with Crippen LogP contribution in [0.15, 0.2) is 97.2 Å². The first-order valence-corrected chi connectivity index (χ1v) is 17.1. The highest BCUT2D eigenvalue weighted by Crippen LogP contribution is 2.39. The largest absolute Gasteiger partial charge is 0.481 e. The molecule has 258 valence electrons. The van der Waals surface area contributed by atoms with Gasteiger partial charge in [-0.05, 0) is 72.0 Å². The van der Waals surface area contributed by atoms with Crippen LogP contribution in [0.3, 0.4) is 0 Å². The Morgan fingerprint density at radius 2 is 1.63 bits per heavy atom. The van der Waals surface area contributed by atoms with Crippen LogP contribution in [0.1, 0.15) is 78.9 Å². The van der Waals surface area contributed by atoms with E-state index in [-0.39, 0.29) is 31.1 Å². The predicted octanol–water partition coefficient (Wildman–Crippen LogP) is 6.61. The summed E-state index contributed by atoms with van der Waals surface area (Å²) in [6.07, 6.45) is 5.09. The molecule has 1 aliphatic rings. The first kappa shape index (κ1) is 35.9. The number of aliphatic carboxylic acids is 1. The van der Waals surface area contributed by atoms with Crippen LogP contribution in [0.2, 0.25) is 0 Å². The summed E-state index contributed by atoms with van der Waals surface area (Å²) >= 11 is 0. The molecule has 9 nitrogen and oxygen atoms in total. The molecule has 1 aliphatic heterocycles. The van der Waals surface area contributed by atoms with Gasteiger partial charge >= 0.3 is 5.97 Å². The summed E-state index contributed by atoms with van der Waals surface area (Å²) in [6.45, 7) is 2.02. The predicted molar refractivity (Wildman–Crippen MR) is 188 cm³/mol. The van der Waals surface area contributed by atoms with Crippen LogP contribution in [0, 0.1) is 0 Å². The number of pyridine rings is 1. The summed E-state index contributed by atoms with van der Waals surface area (Å²) in [6, 6.07) is 30.3. The van der Waals surface area contributed by atoms with Crippen molar-refractivity contribution in [2.75, 3.05) is 20.1 Å². The minimum Gasteiger partial charge on any atom is -0.481 e. The number of carboxylic acids is 1. The van der Waals surface area contributed by atoms with Crippen LogP contribution in [-0.2, 0) is 38.6 Å². The number of aromatic nitrogens is 1. The van der Waals surface area contributed by atoms with Gasteiger partial charge in [-0.25, -0.2) is 0 Å². The molecule has 0 saturated carbocycles. The molecule has 0 spiro atoms. The van der Waals surface area contributed by atoms with E-state index < -0.39 is 12.3 Å². The van der Waals surface area contributed by atoms with Crippen LogP contribution < -0.4 is 5.32 Å². The fourth-order valence-corrected chi connectivity index (χ4v) is 6.08. The van der Waals surface area contributed by atoms with Crippen LogP contribution in [0.25, 0.3) is 11.1 Å². The van der Waals surface area contributed by atoms with Crippen molar-refractivity contribution in [3.63, 3.8) is 0 Å². The van der Waals surface area contributed by atoms with Gasteiger partial charge in [0, 0.05) is 62.8 Å². The molecule has 1 amide bonds. The standard InChI is InChI=1S/C40H47N3O6/c1-43(22-20-35-13-5-6-21-41-35)27-36-25-37(31-18-16-29(28-44)17-19-31)49-40(48-36)34-12-8-11-33(24-34)32-10-7-9-30(23-32)26-42-38(45)14-3-2-4-15-39(46)47/h5-13,16-19,21,23-24,36-37,40,44H,2-4,14-15,20,22,25-28H2,1H3,(H,42,45)(H,46,47)/t36-,37+,40+/m1/s1. The van der Waals surface area contributed by atoms with Gasteiger partial charge in [-0.3, -0.25) is 14.6 Å². The number of aliphatic hydroxyl groups is 1. The van der Waals surface area contributed by atoms with Gasteiger partial charge < -0.3 is 29.9 Å². The summed E-state index contributed by atoms with van der Waals surface area (Å²) in [4.78, 5) is 29.8. The number of ether oxygens (including phenoxy) is 2. The average Bonchev–Trinajstić information content (AvgIpc) is 3.13. The minimum atomic E-state index is -0.802. The maximum absolute atomic E-state index is 12.4. The molecule has 0 unspecified atom stereocenters. The summed E-state index contributed by atoms with van der Waals surface area (Å²) in [5, 5.41) is 21.3. The molecule has 1 aromatic heterocycles. The fourth-order valence-electron chi connectivity index (χ4n) is 6.08. The van der Waals surface area contributed by atoms with Crippen LogP contribution in [-0.4, -0.2) is 58.2 Å². The van der Waals surface area contributed by atoms with Crippen LogP contribution in [0.4, 0.5) is 0 Å². The van der Waals surface area contributed by atoms with Gasteiger partial charge in [0.05, 0.1) is 18.8 Å². The van der Waals surface area contributed by atoms with Gasteiger partial charge in [0.15, 0.2) is 6.29 Å². The Morgan fingerprint density at radius 1 is 0.857 bits per heavy atom. The van der Waals surface area contributed by atoms with Crippen LogP contribution in [0.5, 0.6) is 0 Å². The topological polar surface area (TPSA) is 121 Å². The summed E-state index contributed by atoms with van der Waals surface area (Å²) in [5.74, 6) is -0.838. The Bertz CT molecular complexity index is 1630. The zero-order chi connectivity index (χ0) is 34.4. The smallest absolute Gasteiger partial charge is 0.303 e. The molecule has 3 N–H and O–H groups in total. The molecule has 2 heterocycles. The third kappa shape index (κ3) is 11.3. The normalized spacial score (nSPS) is 17.6. The number of carbonyl (C=O) groups is 2.